The standard InChI is InChI=1S/C17H32N4O2/c1-20(2)16(22)12-18-17(19-15-6-4-5-7-15)21(3)10-11-23-13-14-8-9-14/h14-15H,4-13H2,1-3H3,(H,18,19). The Bertz CT molecular complexity index is 401. The normalized spacial score (nSPS) is 19.0. The molecule has 0 heterocycles. The van der Waals surface area contributed by atoms with E-state index >= 15 is 0 Å². The number of likely N-dealkylation sites (N-methyl/N-ethyl adjacent to an activating group) is 2. The summed E-state index contributed by atoms with van der Waals surface area (Å²) in [5.74, 6) is 1.64. The maximum absolute atomic E-state index is 11.8. The highest BCUT2D eigenvalue weighted by Crippen LogP contribution is 2.28. The van der Waals surface area contributed by atoms with Crippen molar-refractivity contribution in [2.24, 2.45) is 10.9 Å². The molecule has 2 rings (SSSR count). The van der Waals surface area contributed by atoms with Crippen LogP contribution in [0.3, 0.4) is 0 Å². The van der Waals surface area contributed by atoms with Crippen LogP contribution in [0.15, 0.2) is 4.99 Å². The van der Waals surface area contributed by atoms with Gasteiger partial charge in [0, 0.05) is 40.3 Å². The van der Waals surface area contributed by atoms with Gasteiger partial charge in [-0.05, 0) is 31.6 Å². The molecule has 23 heavy (non-hydrogen) atoms. The van der Waals surface area contributed by atoms with E-state index in [-0.39, 0.29) is 12.5 Å². The Labute approximate surface area is 140 Å². The summed E-state index contributed by atoms with van der Waals surface area (Å²) in [5, 5.41) is 3.52. The fraction of sp³-hybridized carbons (Fsp3) is 0.882. The van der Waals surface area contributed by atoms with Crippen molar-refractivity contribution in [1.29, 1.82) is 0 Å². The number of amides is 1. The molecule has 6 nitrogen and oxygen atoms in total. The summed E-state index contributed by atoms with van der Waals surface area (Å²) in [5.41, 5.74) is 0. The summed E-state index contributed by atoms with van der Waals surface area (Å²) in [4.78, 5) is 20.0. The van der Waals surface area contributed by atoms with E-state index in [9.17, 15) is 4.79 Å². The molecule has 0 aromatic carbocycles. The Balaban J connectivity index is 1.81. The molecule has 0 atom stereocenters. The summed E-state index contributed by atoms with van der Waals surface area (Å²) in [6.07, 6.45) is 7.56. The second-order valence-corrected chi connectivity index (χ2v) is 6.99. The lowest BCUT2D eigenvalue weighted by Crippen LogP contribution is -2.45. The van der Waals surface area contributed by atoms with Crippen molar-refractivity contribution in [2.75, 3.05) is 47.4 Å². The lowest BCUT2D eigenvalue weighted by atomic mass is 10.2. The van der Waals surface area contributed by atoms with E-state index in [1.165, 1.54) is 38.5 Å². The summed E-state index contributed by atoms with van der Waals surface area (Å²) in [6, 6.07) is 0.484. The maximum Gasteiger partial charge on any atom is 0.243 e. The molecule has 0 radical (unpaired) electrons. The average molecular weight is 324 g/mol. The van der Waals surface area contributed by atoms with Gasteiger partial charge >= 0.3 is 0 Å². The monoisotopic (exact) mass is 324 g/mol. The van der Waals surface area contributed by atoms with Gasteiger partial charge in [0.1, 0.15) is 6.54 Å². The first kappa shape index (κ1) is 18.0. The molecular weight excluding hydrogens is 292 g/mol. The third-order valence-electron chi connectivity index (χ3n) is 4.53. The van der Waals surface area contributed by atoms with Crippen molar-refractivity contribution < 1.29 is 9.53 Å². The van der Waals surface area contributed by atoms with E-state index < -0.39 is 0 Å². The van der Waals surface area contributed by atoms with Crippen LogP contribution < -0.4 is 5.32 Å². The largest absolute Gasteiger partial charge is 0.379 e. The molecule has 1 N–H and O–H groups in total. The SMILES string of the molecule is CN(C)C(=O)CN=C(NC1CCCC1)N(C)CCOCC1CC1. The third kappa shape index (κ3) is 6.77. The van der Waals surface area contributed by atoms with Crippen LogP contribution in [0, 0.1) is 5.92 Å². The number of nitrogens with zero attached hydrogens (tertiary/aromatic N) is 3. The quantitative estimate of drug-likeness (QED) is 0.416. The molecule has 0 saturated heterocycles. The molecule has 0 aliphatic heterocycles. The molecule has 0 spiro atoms. The lowest BCUT2D eigenvalue weighted by molar-refractivity contribution is -0.127. The first-order chi connectivity index (χ1) is 11.1. The predicted molar refractivity (Wildman–Crippen MR) is 92.6 cm³/mol. The molecule has 6 heteroatoms. The van der Waals surface area contributed by atoms with Crippen LogP contribution in [0.5, 0.6) is 0 Å². The minimum Gasteiger partial charge on any atom is -0.379 e. The first-order valence-corrected chi connectivity index (χ1v) is 8.86. The van der Waals surface area contributed by atoms with Crippen molar-refractivity contribution in [2.45, 2.75) is 44.6 Å². The number of ether oxygens (including phenoxy) is 1. The molecule has 1 amide bonds. The fourth-order valence-corrected chi connectivity index (χ4v) is 2.66. The summed E-state index contributed by atoms with van der Waals surface area (Å²) in [6.45, 7) is 2.58. The number of rotatable bonds is 8. The van der Waals surface area contributed by atoms with E-state index in [1.807, 2.05) is 7.05 Å². The Kier molecular flexibility index (Phi) is 7.15. The van der Waals surface area contributed by atoms with Gasteiger partial charge in [-0.15, -0.1) is 0 Å². The number of hydrogen-bond acceptors (Lipinski definition) is 3. The van der Waals surface area contributed by atoms with Gasteiger partial charge in [-0.1, -0.05) is 12.8 Å². The predicted octanol–water partition coefficient (Wildman–Crippen LogP) is 1.32. The molecule has 0 bridgehead atoms. The van der Waals surface area contributed by atoms with Gasteiger partial charge in [0.15, 0.2) is 5.96 Å². The highest BCUT2D eigenvalue weighted by atomic mass is 16.5. The van der Waals surface area contributed by atoms with Crippen molar-refractivity contribution >= 4 is 11.9 Å². The fourth-order valence-electron chi connectivity index (χ4n) is 2.66. The van der Waals surface area contributed by atoms with Gasteiger partial charge in [-0.25, -0.2) is 4.99 Å². The number of nitrogens with one attached hydrogen (secondary N) is 1. The highest BCUT2D eigenvalue weighted by Gasteiger charge is 2.21. The topological polar surface area (TPSA) is 57.2 Å². The first-order valence-electron chi connectivity index (χ1n) is 8.86. The van der Waals surface area contributed by atoms with E-state index in [1.54, 1.807) is 19.0 Å². The van der Waals surface area contributed by atoms with Crippen LogP contribution in [0.4, 0.5) is 0 Å². The van der Waals surface area contributed by atoms with Gasteiger partial charge in [0.25, 0.3) is 0 Å². The minimum atomic E-state index is 0.0223. The van der Waals surface area contributed by atoms with Gasteiger partial charge in [0.05, 0.1) is 6.61 Å². The molecule has 2 fully saturated rings. The lowest BCUT2D eigenvalue weighted by Gasteiger charge is -2.25. The van der Waals surface area contributed by atoms with Crippen LogP contribution in [-0.4, -0.2) is 75.2 Å². The summed E-state index contributed by atoms with van der Waals surface area (Å²) < 4.78 is 5.71. The number of guanidine groups is 1. The number of carbonyl (C=O) groups excluding carboxylic acids is 1. The van der Waals surface area contributed by atoms with Crippen molar-refractivity contribution in [1.82, 2.24) is 15.1 Å². The Morgan fingerprint density at radius 3 is 2.48 bits per heavy atom. The van der Waals surface area contributed by atoms with E-state index in [0.29, 0.717) is 12.6 Å². The number of aliphatic imine (C=N–C) groups is 1. The molecule has 0 unspecified atom stereocenters. The molecule has 132 valence electrons. The van der Waals surface area contributed by atoms with Gasteiger partial charge < -0.3 is 19.9 Å². The molecule has 2 aliphatic carbocycles. The zero-order valence-corrected chi connectivity index (χ0v) is 14.9. The minimum absolute atomic E-state index is 0.0223. The van der Waals surface area contributed by atoms with E-state index in [4.69, 9.17) is 4.74 Å². The average Bonchev–Trinajstić information content (AvgIpc) is 3.21. The molecule has 2 aliphatic rings. The third-order valence-corrected chi connectivity index (χ3v) is 4.53. The zero-order chi connectivity index (χ0) is 16.7. The van der Waals surface area contributed by atoms with Crippen LogP contribution in [0.1, 0.15) is 38.5 Å². The van der Waals surface area contributed by atoms with Crippen LogP contribution in [0.25, 0.3) is 0 Å². The number of carbonyl (C=O) groups is 1. The van der Waals surface area contributed by atoms with Crippen molar-refractivity contribution in [3.05, 3.63) is 0 Å². The second-order valence-electron chi connectivity index (χ2n) is 6.99. The van der Waals surface area contributed by atoms with Crippen LogP contribution in [-0.2, 0) is 9.53 Å². The molecule has 2 saturated carbocycles. The van der Waals surface area contributed by atoms with Crippen molar-refractivity contribution in [3.63, 3.8) is 0 Å². The highest BCUT2D eigenvalue weighted by molar-refractivity contribution is 5.84. The smallest absolute Gasteiger partial charge is 0.243 e. The van der Waals surface area contributed by atoms with Crippen LogP contribution in [0.2, 0.25) is 0 Å². The maximum atomic E-state index is 11.8. The van der Waals surface area contributed by atoms with Crippen molar-refractivity contribution in [3.8, 4) is 0 Å². The van der Waals surface area contributed by atoms with Gasteiger partial charge in [0.2, 0.25) is 5.91 Å². The molecule has 0 aromatic rings. The summed E-state index contributed by atoms with van der Waals surface area (Å²) >= 11 is 0. The number of hydrogen-bond donors (Lipinski definition) is 1. The summed E-state index contributed by atoms with van der Waals surface area (Å²) in [7, 11) is 5.54. The van der Waals surface area contributed by atoms with Gasteiger partial charge in [-0.3, -0.25) is 4.79 Å². The Morgan fingerprint density at radius 2 is 1.87 bits per heavy atom. The van der Waals surface area contributed by atoms with Crippen LogP contribution >= 0.6 is 0 Å². The Morgan fingerprint density at radius 1 is 1.17 bits per heavy atom. The van der Waals surface area contributed by atoms with Gasteiger partial charge in [-0.2, -0.15) is 0 Å². The Hall–Kier alpha value is -1.30. The molecular formula is C17H32N4O2. The second kappa shape index (κ2) is 9.11. The zero-order valence-electron chi connectivity index (χ0n) is 14.9. The van der Waals surface area contributed by atoms with E-state index in [2.05, 4.69) is 15.2 Å². The van der Waals surface area contributed by atoms with E-state index in [0.717, 1.165) is 25.0 Å². The molecule has 0 aromatic heterocycles.